The fourth-order valence-electron chi connectivity index (χ4n) is 4.98. The van der Waals surface area contributed by atoms with E-state index in [1.807, 2.05) is 0 Å². The minimum atomic E-state index is 0.481. The van der Waals surface area contributed by atoms with Crippen LogP contribution in [0, 0.1) is 5.92 Å². The molecule has 2 aliphatic heterocycles. The van der Waals surface area contributed by atoms with Gasteiger partial charge < -0.3 is 10.1 Å². The molecule has 1 spiro atoms. The van der Waals surface area contributed by atoms with E-state index in [1.165, 1.54) is 83.8 Å². The predicted molar refractivity (Wildman–Crippen MR) is 85.5 cm³/mol. The topological polar surface area (TPSA) is 24.5 Å². The Morgan fingerprint density at radius 1 is 1.10 bits per heavy atom. The van der Waals surface area contributed by atoms with Crippen LogP contribution in [-0.4, -0.2) is 48.8 Å². The second-order valence-corrected chi connectivity index (χ2v) is 8.02. The number of piperazine rings is 1. The van der Waals surface area contributed by atoms with Crippen LogP contribution < -0.4 is 5.32 Å². The van der Waals surface area contributed by atoms with Crippen LogP contribution in [0.25, 0.3) is 0 Å². The first kappa shape index (κ1) is 14.5. The average Bonchev–Trinajstić information content (AvgIpc) is 3.01. The van der Waals surface area contributed by atoms with Crippen molar-refractivity contribution in [2.45, 2.75) is 81.9 Å². The molecule has 0 amide bonds. The van der Waals surface area contributed by atoms with Crippen LogP contribution in [0.4, 0.5) is 0 Å². The summed E-state index contributed by atoms with van der Waals surface area (Å²) in [6, 6.07) is 0.834. The molecule has 3 nitrogen and oxygen atoms in total. The molecule has 4 rings (SSSR count). The molecule has 3 heteroatoms. The van der Waals surface area contributed by atoms with Gasteiger partial charge >= 0.3 is 0 Å². The summed E-state index contributed by atoms with van der Waals surface area (Å²) in [6.07, 6.45) is 14.4. The lowest BCUT2D eigenvalue weighted by Gasteiger charge is -2.47. The Balaban J connectivity index is 1.32. The first-order valence-corrected chi connectivity index (χ1v) is 9.45. The Labute approximate surface area is 129 Å². The normalized spacial score (nSPS) is 36.6. The molecular formula is C18H32N2O. The number of nitrogens with zero attached hydrogens (tertiary/aromatic N) is 1. The van der Waals surface area contributed by atoms with Gasteiger partial charge in [-0.1, -0.05) is 12.8 Å². The zero-order valence-corrected chi connectivity index (χ0v) is 13.5. The lowest BCUT2D eigenvalue weighted by atomic mass is 9.91. The van der Waals surface area contributed by atoms with E-state index in [1.54, 1.807) is 0 Å². The zero-order chi connectivity index (χ0) is 14.1. The van der Waals surface area contributed by atoms with Gasteiger partial charge in [0.15, 0.2) is 0 Å². The van der Waals surface area contributed by atoms with E-state index in [4.69, 9.17) is 4.74 Å². The lowest BCUT2D eigenvalue weighted by molar-refractivity contribution is 0.0582. The molecule has 0 aromatic carbocycles. The molecule has 2 unspecified atom stereocenters. The minimum absolute atomic E-state index is 0.481. The summed E-state index contributed by atoms with van der Waals surface area (Å²) in [4.78, 5) is 2.87. The van der Waals surface area contributed by atoms with Crippen LogP contribution in [0.15, 0.2) is 0 Å². The molecule has 1 N–H and O–H groups in total. The molecule has 0 bridgehead atoms. The van der Waals surface area contributed by atoms with E-state index in [0.29, 0.717) is 11.6 Å². The smallest absolute Gasteiger partial charge is 0.0576 e. The third-order valence-electron chi connectivity index (χ3n) is 6.38. The predicted octanol–water partition coefficient (Wildman–Crippen LogP) is 2.94. The number of rotatable bonds is 5. The second-order valence-electron chi connectivity index (χ2n) is 8.02. The molecule has 2 saturated heterocycles. The first-order valence-electron chi connectivity index (χ1n) is 9.45. The van der Waals surface area contributed by atoms with Crippen LogP contribution in [-0.2, 0) is 4.74 Å². The molecular weight excluding hydrogens is 260 g/mol. The minimum Gasteiger partial charge on any atom is -0.378 e. The van der Waals surface area contributed by atoms with Crippen molar-refractivity contribution >= 4 is 0 Å². The molecule has 21 heavy (non-hydrogen) atoms. The summed E-state index contributed by atoms with van der Waals surface area (Å²) >= 11 is 0. The van der Waals surface area contributed by atoms with Crippen molar-refractivity contribution in [2.24, 2.45) is 5.92 Å². The molecule has 4 fully saturated rings. The standard InChI is InChI=1S/C18H32N2O/c1-2-10-18(9-1)14-20(17(13-19-18)15-7-8-15)11-3-5-16-6-4-12-21-16/h15-17,19H,1-14H2. The second kappa shape index (κ2) is 6.17. The van der Waals surface area contributed by atoms with Crippen LogP contribution in [0.2, 0.25) is 0 Å². The summed E-state index contributed by atoms with van der Waals surface area (Å²) in [5, 5.41) is 3.96. The van der Waals surface area contributed by atoms with Crippen molar-refractivity contribution < 1.29 is 4.74 Å². The number of hydrogen-bond acceptors (Lipinski definition) is 3. The quantitative estimate of drug-likeness (QED) is 0.843. The zero-order valence-electron chi connectivity index (χ0n) is 13.5. The molecule has 2 saturated carbocycles. The SMILES string of the molecule is C1COC(CCCN2CC3(CCCC3)NCC2C2CC2)C1. The fourth-order valence-corrected chi connectivity index (χ4v) is 4.98. The Hall–Kier alpha value is -0.120. The fraction of sp³-hybridized carbons (Fsp3) is 1.00. The molecule has 0 radical (unpaired) electrons. The van der Waals surface area contributed by atoms with Gasteiger partial charge in [-0.25, -0.2) is 0 Å². The van der Waals surface area contributed by atoms with Gasteiger partial charge in [-0.15, -0.1) is 0 Å². The van der Waals surface area contributed by atoms with Gasteiger partial charge in [0.2, 0.25) is 0 Å². The van der Waals surface area contributed by atoms with Crippen molar-refractivity contribution in [2.75, 3.05) is 26.2 Å². The van der Waals surface area contributed by atoms with Crippen LogP contribution in [0.3, 0.4) is 0 Å². The highest BCUT2D eigenvalue weighted by atomic mass is 16.5. The Bertz CT molecular complexity index is 343. The lowest BCUT2D eigenvalue weighted by Crippen LogP contribution is -2.63. The number of nitrogens with one attached hydrogen (secondary N) is 1. The average molecular weight is 292 g/mol. The molecule has 0 aromatic heterocycles. The summed E-state index contributed by atoms with van der Waals surface area (Å²) in [5.74, 6) is 0.999. The maximum Gasteiger partial charge on any atom is 0.0576 e. The van der Waals surface area contributed by atoms with Crippen molar-refractivity contribution in [1.29, 1.82) is 0 Å². The van der Waals surface area contributed by atoms with Crippen molar-refractivity contribution in [3.05, 3.63) is 0 Å². The van der Waals surface area contributed by atoms with E-state index >= 15 is 0 Å². The van der Waals surface area contributed by atoms with Crippen molar-refractivity contribution in [3.63, 3.8) is 0 Å². The van der Waals surface area contributed by atoms with Crippen molar-refractivity contribution in [1.82, 2.24) is 10.2 Å². The highest BCUT2D eigenvalue weighted by molar-refractivity contribution is 5.04. The maximum absolute atomic E-state index is 5.79. The summed E-state index contributed by atoms with van der Waals surface area (Å²) in [5.41, 5.74) is 0.481. The third kappa shape index (κ3) is 3.30. The monoisotopic (exact) mass is 292 g/mol. The molecule has 2 aliphatic carbocycles. The summed E-state index contributed by atoms with van der Waals surface area (Å²) < 4.78 is 5.79. The number of hydrogen-bond donors (Lipinski definition) is 1. The van der Waals surface area contributed by atoms with E-state index in [0.717, 1.165) is 18.6 Å². The van der Waals surface area contributed by atoms with Gasteiger partial charge in [0.1, 0.15) is 0 Å². The Kier molecular flexibility index (Phi) is 4.25. The summed E-state index contributed by atoms with van der Waals surface area (Å²) in [6.45, 7) is 4.89. The van der Waals surface area contributed by atoms with Crippen LogP contribution in [0.5, 0.6) is 0 Å². The van der Waals surface area contributed by atoms with E-state index in [-0.39, 0.29) is 0 Å². The molecule has 2 atom stereocenters. The maximum atomic E-state index is 5.79. The largest absolute Gasteiger partial charge is 0.378 e. The Morgan fingerprint density at radius 3 is 2.67 bits per heavy atom. The summed E-state index contributed by atoms with van der Waals surface area (Å²) in [7, 11) is 0. The van der Waals surface area contributed by atoms with E-state index in [9.17, 15) is 0 Å². The third-order valence-corrected chi connectivity index (χ3v) is 6.38. The van der Waals surface area contributed by atoms with Gasteiger partial charge in [-0.05, 0) is 63.8 Å². The van der Waals surface area contributed by atoms with E-state index < -0.39 is 0 Å². The highest BCUT2D eigenvalue weighted by Gasteiger charge is 2.45. The van der Waals surface area contributed by atoms with E-state index in [2.05, 4.69) is 10.2 Å². The van der Waals surface area contributed by atoms with Crippen LogP contribution >= 0.6 is 0 Å². The molecule has 0 aromatic rings. The molecule has 2 heterocycles. The van der Waals surface area contributed by atoms with Gasteiger partial charge in [0.05, 0.1) is 6.10 Å². The van der Waals surface area contributed by atoms with Crippen molar-refractivity contribution in [3.8, 4) is 0 Å². The Morgan fingerprint density at radius 2 is 1.95 bits per heavy atom. The number of ether oxygens (including phenoxy) is 1. The van der Waals surface area contributed by atoms with Gasteiger partial charge in [0, 0.05) is 31.3 Å². The van der Waals surface area contributed by atoms with Crippen LogP contribution in [0.1, 0.15) is 64.2 Å². The van der Waals surface area contributed by atoms with Gasteiger partial charge in [0.25, 0.3) is 0 Å². The molecule has 4 aliphatic rings. The van der Waals surface area contributed by atoms with Gasteiger partial charge in [-0.3, -0.25) is 4.90 Å². The first-order chi connectivity index (χ1) is 10.3. The highest BCUT2D eigenvalue weighted by Crippen LogP contribution is 2.40. The van der Waals surface area contributed by atoms with Gasteiger partial charge in [-0.2, -0.15) is 0 Å². The molecule has 120 valence electrons.